The highest BCUT2D eigenvalue weighted by Crippen LogP contribution is 2.50. The molecule has 6 rings (SSSR count). The Morgan fingerprint density at radius 2 is 1.66 bits per heavy atom. The van der Waals surface area contributed by atoms with Crippen molar-refractivity contribution in [1.82, 2.24) is 15.0 Å². The first-order valence-corrected chi connectivity index (χ1v) is 18.0. The van der Waals surface area contributed by atoms with Gasteiger partial charge in [-0.25, -0.2) is 9.97 Å². The Balaban J connectivity index is 1.38. The van der Waals surface area contributed by atoms with Gasteiger partial charge < -0.3 is 19.6 Å². The van der Waals surface area contributed by atoms with Gasteiger partial charge >= 0.3 is 5.97 Å². The van der Waals surface area contributed by atoms with E-state index in [0.29, 0.717) is 31.7 Å². The molecular formula is C42H45N3O4S. The Morgan fingerprint density at radius 3 is 2.32 bits per heavy atom. The van der Waals surface area contributed by atoms with Crippen molar-refractivity contribution in [2.75, 3.05) is 7.11 Å². The minimum atomic E-state index is -0.978. The number of hydrogen-bond donors (Lipinski definition) is 2. The number of pyridine rings is 2. The van der Waals surface area contributed by atoms with Crippen molar-refractivity contribution >= 4 is 39.5 Å². The second-order valence-electron chi connectivity index (χ2n) is 13.8. The summed E-state index contributed by atoms with van der Waals surface area (Å²) < 4.78 is 11.4. The standard InChI is InChI=1S/C42H45N3O4S/c1-7-42(8-2,40(46)47)34(23-27-13-15-28(16-14-27)30-18-22-37(48-6)43-25-30)38-39(50-41(3,4)5)33-24-32(20-21-36(33)45-38)49-26-31-19-17-29-11-9-10-12-35(29)44-31/h9-22,24-25,34,45H,7-8,23,26H2,1-6H3,(H,46,47). The topological polar surface area (TPSA) is 97.3 Å². The average Bonchev–Trinajstić information content (AvgIpc) is 3.46. The second-order valence-corrected chi connectivity index (χ2v) is 15.6. The van der Waals surface area contributed by atoms with E-state index in [1.54, 1.807) is 25.1 Å². The monoisotopic (exact) mass is 687 g/mol. The number of thioether (sulfide) groups is 1. The molecule has 3 heterocycles. The molecule has 50 heavy (non-hydrogen) atoms. The molecular weight excluding hydrogens is 643 g/mol. The molecule has 0 aliphatic rings. The number of aromatic amines is 1. The number of ether oxygens (including phenoxy) is 2. The highest BCUT2D eigenvalue weighted by molar-refractivity contribution is 8.00. The molecule has 0 radical (unpaired) electrons. The van der Waals surface area contributed by atoms with Crippen molar-refractivity contribution in [3.8, 4) is 22.8 Å². The lowest BCUT2D eigenvalue weighted by Crippen LogP contribution is -2.38. The van der Waals surface area contributed by atoms with E-state index in [9.17, 15) is 9.90 Å². The summed E-state index contributed by atoms with van der Waals surface area (Å²) >= 11 is 1.77. The highest BCUT2D eigenvalue weighted by Gasteiger charge is 2.45. The normalized spacial score (nSPS) is 12.7. The Labute approximate surface area is 298 Å². The Hall–Kier alpha value is -4.82. The lowest BCUT2D eigenvalue weighted by Gasteiger charge is -2.36. The van der Waals surface area contributed by atoms with Crippen molar-refractivity contribution < 1.29 is 19.4 Å². The van der Waals surface area contributed by atoms with Crippen molar-refractivity contribution in [3.05, 3.63) is 114 Å². The number of para-hydroxylation sites is 1. The number of aromatic nitrogens is 3. The number of nitrogens with one attached hydrogen (secondary N) is 1. The SMILES string of the molecule is CCC(CC)(C(=O)O)C(Cc1ccc(-c2ccc(OC)nc2)cc1)c1[nH]c2ccc(OCc3ccc4ccccc4n3)cc2c1SC(C)(C)C. The Bertz CT molecular complexity index is 2100. The highest BCUT2D eigenvalue weighted by atomic mass is 32.2. The maximum absolute atomic E-state index is 13.3. The minimum Gasteiger partial charge on any atom is -0.487 e. The largest absolute Gasteiger partial charge is 0.487 e. The van der Waals surface area contributed by atoms with Gasteiger partial charge in [0.15, 0.2) is 0 Å². The zero-order valence-corrected chi connectivity index (χ0v) is 30.4. The molecule has 8 heteroatoms. The van der Waals surface area contributed by atoms with Crippen LogP contribution >= 0.6 is 11.8 Å². The van der Waals surface area contributed by atoms with E-state index in [1.807, 2.05) is 62.4 Å². The van der Waals surface area contributed by atoms with Gasteiger partial charge in [-0.2, -0.15) is 0 Å². The third kappa shape index (κ3) is 7.36. The first-order valence-electron chi connectivity index (χ1n) is 17.2. The van der Waals surface area contributed by atoms with Crippen molar-refractivity contribution in [3.63, 3.8) is 0 Å². The molecule has 0 spiro atoms. The number of carboxylic acids is 1. The second kappa shape index (κ2) is 14.6. The summed E-state index contributed by atoms with van der Waals surface area (Å²) in [6, 6.07) is 30.5. The molecule has 0 saturated heterocycles. The average molecular weight is 688 g/mol. The van der Waals surface area contributed by atoms with Crippen LogP contribution in [0.15, 0.2) is 102 Å². The molecule has 1 unspecified atom stereocenters. The van der Waals surface area contributed by atoms with Gasteiger partial charge in [0, 0.05) is 55.4 Å². The molecule has 0 aliphatic heterocycles. The van der Waals surface area contributed by atoms with E-state index in [0.717, 1.165) is 60.5 Å². The van der Waals surface area contributed by atoms with Gasteiger partial charge in [-0.1, -0.05) is 83.1 Å². The van der Waals surface area contributed by atoms with Gasteiger partial charge in [0.25, 0.3) is 0 Å². The fourth-order valence-corrected chi connectivity index (χ4v) is 7.97. The van der Waals surface area contributed by atoms with Crippen LogP contribution in [-0.4, -0.2) is 37.9 Å². The summed E-state index contributed by atoms with van der Waals surface area (Å²) in [5.41, 5.74) is 5.84. The van der Waals surface area contributed by atoms with E-state index in [-0.39, 0.29) is 10.7 Å². The van der Waals surface area contributed by atoms with Crippen LogP contribution in [0, 0.1) is 5.41 Å². The van der Waals surface area contributed by atoms with E-state index < -0.39 is 11.4 Å². The van der Waals surface area contributed by atoms with Crippen LogP contribution in [0.4, 0.5) is 0 Å². The number of fused-ring (bicyclic) bond motifs is 2. The van der Waals surface area contributed by atoms with E-state index in [2.05, 4.69) is 73.2 Å². The van der Waals surface area contributed by atoms with Crippen LogP contribution in [0.25, 0.3) is 32.9 Å². The molecule has 7 nitrogen and oxygen atoms in total. The number of benzene rings is 3. The summed E-state index contributed by atoms with van der Waals surface area (Å²) in [5.74, 6) is 0.224. The summed E-state index contributed by atoms with van der Waals surface area (Å²) in [5, 5.41) is 13.0. The number of carbonyl (C=O) groups is 1. The lowest BCUT2D eigenvalue weighted by molar-refractivity contribution is -0.151. The molecule has 0 amide bonds. The summed E-state index contributed by atoms with van der Waals surface area (Å²) in [6.07, 6.45) is 3.37. The Kier molecular flexibility index (Phi) is 10.2. The van der Waals surface area contributed by atoms with Crippen LogP contribution in [0.3, 0.4) is 0 Å². The summed E-state index contributed by atoms with van der Waals surface area (Å²) in [4.78, 5) is 27.2. The number of aliphatic carboxylic acids is 1. The third-order valence-electron chi connectivity index (χ3n) is 9.58. The maximum Gasteiger partial charge on any atom is 0.310 e. The zero-order valence-electron chi connectivity index (χ0n) is 29.6. The van der Waals surface area contributed by atoms with Gasteiger partial charge in [-0.05, 0) is 66.8 Å². The Morgan fingerprint density at radius 1 is 0.920 bits per heavy atom. The molecule has 2 N–H and O–H groups in total. The van der Waals surface area contributed by atoms with Crippen molar-refractivity contribution in [2.45, 2.75) is 76.0 Å². The third-order valence-corrected chi connectivity index (χ3v) is 10.8. The zero-order chi connectivity index (χ0) is 35.5. The summed E-state index contributed by atoms with van der Waals surface area (Å²) in [6.45, 7) is 10.9. The predicted molar refractivity (Wildman–Crippen MR) is 203 cm³/mol. The van der Waals surface area contributed by atoms with Gasteiger partial charge in [0.2, 0.25) is 5.88 Å². The number of nitrogens with zero attached hydrogens (tertiary/aromatic N) is 2. The first-order chi connectivity index (χ1) is 24.0. The van der Waals surface area contributed by atoms with Crippen molar-refractivity contribution in [2.24, 2.45) is 5.41 Å². The molecule has 6 aromatic rings. The quantitative estimate of drug-likeness (QED) is 0.117. The molecule has 3 aromatic carbocycles. The van der Waals surface area contributed by atoms with E-state index >= 15 is 0 Å². The van der Waals surface area contributed by atoms with Crippen LogP contribution < -0.4 is 9.47 Å². The maximum atomic E-state index is 13.3. The first kappa shape index (κ1) is 35.0. The number of rotatable bonds is 13. The van der Waals surface area contributed by atoms with Crippen LogP contribution in [0.5, 0.6) is 11.6 Å². The molecule has 258 valence electrons. The summed E-state index contributed by atoms with van der Waals surface area (Å²) in [7, 11) is 1.60. The van der Waals surface area contributed by atoms with Gasteiger partial charge in [0.05, 0.1) is 23.7 Å². The molecule has 0 bridgehead atoms. The van der Waals surface area contributed by atoms with Crippen LogP contribution in [0.2, 0.25) is 0 Å². The van der Waals surface area contributed by atoms with Gasteiger partial charge in [-0.3, -0.25) is 4.79 Å². The smallest absolute Gasteiger partial charge is 0.310 e. The predicted octanol–water partition coefficient (Wildman–Crippen LogP) is 10.5. The van der Waals surface area contributed by atoms with Crippen LogP contribution in [-0.2, 0) is 17.8 Å². The number of H-pyrrole nitrogens is 1. The number of methoxy groups -OCH3 is 1. The van der Waals surface area contributed by atoms with Crippen molar-refractivity contribution in [1.29, 1.82) is 0 Å². The van der Waals surface area contributed by atoms with E-state index in [1.165, 1.54) is 0 Å². The molecule has 0 saturated carbocycles. The molecule has 1 atom stereocenters. The fourth-order valence-electron chi connectivity index (χ4n) is 6.77. The molecule has 0 aliphatic carbocycles. The lowest BCUT2D eigenvalue weighted by atomic mass is 9.67. The van der Waals surface area contributed by atoms with Crippen LogP contribution in [0.1, 0.15) is 70.3 Å². The molecule has 3 aromatic heterocycles. The minimum absolute atomic E-state index is 0.126. The molecule has 0 fully saturated rings. The fraction of sp³-hybridized carbons (Fsp3) is 0.310. The number of hydrogen-bond acceptors (Lipinski definition) is 6. The van der Waals surface area contributed by atoms with Gasteiger partial charge in [-0.15, -0.1) is 11.8 Å². The number of carboxylic acid groups (broad SMARTS) is 1. The van der Waals surface area contributed by atoms with Gasteiger partial charge in [0.1, 0.15) is 12.4 Å². The van der Waals surface area contributed by atoms with E-state index in [4.69, 9.17) is 14.5 Å².